The van der Waals surface area contributed by atoms with Gasteiger partial charge in [-0.15, -0.1) is 0 Å². The lowest BCUT2D eigenvalue weighted by Crippen LogP contribution is -2.05. The van der Waals surface area contributed by atoms with Crippen LogP contribution in [-0.4, -0.2) is 11.2 Å². The van der Waals surface area contributed by atoms with Crippen molar-refractivity contribution >= 4 is 0 Å². The summed E-state index contributed by atoms with van der Waals surface area (Å²) in [7, 11) is 0. The van der Waals surface area contributed by atoms with Gasteiger partial charge in [0.2, 0.25) is 0 Å². The van der Waals surface area contributed by atoms with Crippen LogP contribution in [-0.2, 0) is 11.3 Å². The second-order valence-electron chi connectivity index (χ2n) is 3.53. The first-order valence-corrected chi connectivity index (χ1v) is 4.90. The van der Waals surface area contributed by atoms with Crippen LogP contribution in [0.3, 0.4) is 0 Å². The van der Waals surface area contributed by atoms with E-state index in [0.29, 0.717) is 12.4 Å². The molecule has 0 saturated heterocycles. The smallest absolute Gasteiger partial charge is 0.0909 e. The van der Waals surface area contributed by atoms with Gasteiger partial charge < -0.3 is 9.84 Å². The first-order chi connectivity index (χ1) is 6.84. The van der Waals surface area contributed by atoms with Crippen molar-refractivity contribution in [1.82, 2.24) is 0 Å². The summed E-state index contributed by atoms with van der Waals surface area (Å²) in [6.07, 6.45) is 3.54. The van der Waals surface area contributed by atoms with Gasteiger partial charge in [0.1, 0.15) is 0 Å². The summed E-state index contributed by atoms with van der Waals surface area (Å²) in [6.45, 7) is 0.620. The van der Waals surface area contributed by atoms with Crippen LogP contribution in [0.4, 0.5) is 0 Å². The van der Waals surface area contributed by atoms with Gasteiger partial charge in [0.05, 0.1) is 18.5 Å². The number of benzene rings is 1. The molecule has 1 aromatic rings. The molecule has 2 heteroatoms. The quantitative estimate of drug-likeness (QED) is 0.794. The van der Waals surface area contributed by atoms with Gasteiger partial charge in [0.15, 0.2) is 0 Å². The van der Waals surface area contributed by atoms with Crippen LogP contribution in [0, 0.1) is 0 Å². The van der Waals surface area contributed by atoms with Crippen molar-refractivity contribution in [3.8, 4) is 0 Å². The summed E-state index contributed by atoms with van der Waals surface area (Å²) in [5.41, 5.74) is 1.17. The Labute approximate surface area is 83.8 Å². The molecule has 1 atom stereocenters. The van der Waals surface area contributed by atoms with Gasteiger partial charge in [-0.25, -0.2) is 0 Å². The molecule has 1 aliphatic rings. The molecule has 0 heterocycles. The summed E-state index contributed by atoms with van der Waals surface area (Å²) in [5, 5.41) is 9.18. The summed E-state index contributed by atoms with van der Waals surface area (Å²) in [4.78, 5) is 0. The maximum Gasteiger partial charge on any atom is 0.0909 e. The molecule has 0 aliphatic heterocycles. The minimum absolute atomic E-state index is 0.0928. The lowest BCUT2D eigenvalue weighted by atomic mass is 10.2. The Morgan fingerprint density at radius 1 is 1.29 bits per heavy atom. The Morgan fingerprint density at radius 2 is 2.07 bits per heavy atom. The fourth-order valence-corrected chi connectivity index (χ4v) is 1.58. The highest BCUT2D eigenvalue weighted by Gasteiger charge is 2.14. The van der Waals surface area contributed by atoms with E-state index in [9.17, 15) is 5.11 Å². The number of rotatable bonds is 3. The van der Waals surface area contributed by atoms with Crippen molar-refractivity contribution in [3.05, 3.63) is 47.7 Å². The van der Waals surface area contributed by atoms with Crippen molar-refractivity contribution in [2.75, 3.05) is 0 Å². The van der Waals surface area contributed by atoms with Crippen molar-refractivity contribution in [2.45, 2.75) is 25.6 Å². The maximum absolute atomic E-state index is 9.18. The molecule has 0 fully saturated rings. The topological polar surface area (TPSA) is 29.5 Å². The third-order valence-corrected chi connectivity index (χ3v) is 2.37. The summed E-state index contributed by atoms with van der Waals surface area (Å²) in [6, 6.07) is 10.1. The third-order valence-electron chi connectivity index (χ3n) is 2.37. The molecular weight excluding hydrogens is 176 g/mol. The van der Waals surface area contributed by atoms with Gasteiger partial charge in [-0.05, 0) is 18.1 Å². The largest absolute Gasteiger partial charge is 0.513 e. The first-order valence-electron chi connectivity index (χ1n) is 4.90. The third kappa shape index (κ3) is 2.36. The average molecular weight is 190 g/mol. The highest BCUT2D eigenvalue weighted by atomic mass is 16.5. The number of ether oxygens (including phenoxy) is 1. The molecule has 14 heavy (non-hydrogen) atoms. The molecule has 1 aliphatic carbocycles. The van der Waals surface area contributed by atoms with E-state index >= 15 is 0 Å². The zero-order valence-corrected chi connectivity index (χ0v) is 8.02. The molecule has 1 N–H and O–H groups in total. The van der Waals surface area contributed by atoms with E-state index in [1.54, 1.807) is 6.08 Å². The van der Waals surface area contributed by atoms with Crippen molar-refractivity contribution in [3.63, 3.8) is 0 Å². The fraction of sp³-hybridized carbons (Fsp3) is 0.333. The molecule has 0 aromatic heterocycles. The van der Waals surface area contributed by atoms with Gasteiger partial charge in [-0.1, -0.05) is 30.3 Å². The second-order valence-corrected chi connectivity index (χ2v) is 3.53. The van der Waals surface area contributed by atoms with Crippen LogP contribution in [0.25, 0.3) is 0 Å². The molecule has 0 saturated carbocycles. The molecule has 0 amide bonds. The molecule has 0 bridgehead atoms. The monoisotopic (exact) mass is 190 g/mol. The minimum atomic E-state index is 0.0928. The van der Waals surface area contributed by atoms with E-state index < -0.39 is 0 Å². The predicted octanol–water partition coefficient (Wildman–Crippen LogP) is 2.81. The molecule has 2 nitrogen and oxygen atoms in total. The Morgan fingerprint density at radius 3 is 2.71 bits per heavy atom. The SMILES string of the molecule is OC1=CC(OCc2ccccc2)CC1. The van der Waals surface area contributed by atoms with Gasteiger partial charge in [0, 0.05) is 6.42 Å². The van der Waals surface area contributed by atoms with E-state index in [2.05, 4.69) is 0 Å². The highest BCUT2D eigenvalue weighted by Crippen LogP contribution is 2.19. The van der Waals surface area contributed by atoms with Crippen LogP contribution >= 0.6 is 0 Å². The molecule has 0 spiro atoms. The first kappa shape index (κ1) is 9.28. The number of aliphatic hydroxyl groups is 1. The molecule has 0 radical (unpaired) electrons. The van der Waals surface area contributed by atoms with E-state index in [1.807, 2.05) is 30.3 Å². The van der Waals surface area contributed by atoms with Crippen LogP contribution in [0.5, 0.6) is 0 Å². The van der Waals surface area contributed by atoms with Crippen LogP contribution < -0.4 is 0 Å². The lowest BCUT2D eigenvalue weighted by molar-refractivity contribution is 0.0721. The fourth-order valence-electron chi connectivity index (χ4n) is 1.58. The van der Waals surface area contributed by atoms with E-state index in [-0.39, 0.29) is 6.10 Å². The highest BCUT2D eigenvalue weighted by molar-refractivity contribution is 5.14. The van der Waals surface area contributed by atoms with Gasteiger partial charge in [-0.2, -0.15) is 0 Å². The van der Waals surface area contributed by atoms with E-state index in [0.717, 1.165) is 12.8 Å². The standard InChI is InChI=1S/C12H14O2/c13-11-6-7-12(8-11)14-9-10-4-2-1-3-5-10/h1-5,8,12-13H,6-7,9H2. The zero-order chi connectivity index (χ0) is 9.80. The number of hydrogen-bond acceptors (Lipinski definition) is 2. The molecule has 2 rings (SSSR count). The molecule has 1 unspecified atom stereocenters. The average Bonchev–Trinajstić information content (AvgIpc) is 2.63. The van der Waals surface area contributed by atoms with Crippen molar-refractivity contribution in [2.24, 2.45) is 0 Å². The van der Waals surface area contributed by atoms with Gasteiger partial charge >= 0.3 is 0 Å². The number of allylic oxidation sites excluding steroid dienone is 1. The second kappa shape index (κ2) is 4.29. The Hall–Kier alpha value is -1.28. The molecule has 1 aromatic carbocycles. The van der Waals surface area contributed by atoms with Crippen LogP contribution in [0.1, 0.15) is 18.4 Å². The Kier molecular flexibility index (Phi) is 2.84. The van der Waals surface area contributed by atoms with Gasteiger partial charge in [0.25, 0.3) is 0 Å². The van der Waals surface area contributed by atoms with Crippen LogP contribution in [0.15, 0.2) is 42.2 Å². The normalized spacial score (nSPS) is 20.9. The van der Waals surface area contributed by atoms with Crippen molar-refractivity contribution < 1.29 is 9.84 Å². The number of hydrogen-bond donors (Lipinski definition) is 1. The maximum atomic E-state index is 9.18. The van der Waals surface area contributed by atoms with Gasteiger partial charge in [-0.3, -0.25) is 0 Å². The Balaban J connectivity index is 1.84. The van der Waals surface area contributed by atoms with Crippen LogP contribution in [0.2, 0.25) is 0 Å². The minimum Gasteiger partial charge on any atom is -0.513 e. The predicted molar refractivity (Wildman–Crippen MR) is 55.0 cm³/mol. The zero-order valence-electron chi connectivity index (χ0n) is 8.02. The van der Waals surface area contributed by atoms with E-state index in [1.165, 1.54) is 5.56 Å². The number of aliphatic hydroxyl groups excluding tert-OH is 1. The van der Waals surface area contributed by atoms with E-state index in [4.69, 9.17) is 4.74 Å². The summed E-state index contributed by atoms with van der Waals surface area (Å²) >= 11 is 0. The lowest BCUT2D eigenvalue weighted by Gasteiger charge is -2.08. The summed E-state index contributed by atoms with van der Waals surface area (Å²) in [5.74, 6) is 0.461. The molecular formula is C12H14O2. The van der Waals surface area contributed by atoms with Crippen molar-refractivity contribution in [1.29, 1.82) is 0 Å². The molecule has 74 valence electrons. The Bertz CT molecular complexity index is 316. The summed E-state index contributed by atoms with van der Waals surface area (Å²) < 4.78 is 5.62.